The van der Waals surface area contributed by atoms with Crippen LogP contribution in [0.2, 0.25) is 0 Å². The van der Waals surface area contributed by atoms with Crippen LogP contribution in [0.15, 0.2) is 42.5 Å². The maximum Gasteiger partial charge on any atom is 0.274 e. The molecule has 2 amide bonds. The highest BCUT2D eigenvalue weighted by Crippen LogP contribution is 2.29. The van der Waals surface area contributed by atoms with E-state index >= 15 is 0 Å². The zero-order valence-electron chi connectivity index (χ0n) is 19.9. The van der Waals surface area contributed by atoms with E-state index < -0.39 is 17.5 Å². The molecule has 0 aromatic heterocycles. The molecule has 35 heavy (non-hydrogen) atoms. The summed E-state index contributed by atoms with van der Waals surface area (Å²) >= 11 is 0. The van der Waals surface area contributed by atoms with Gasteiger partial charge in [-0.3, -0.25) is 29.5 Å². The number of aldehydes is 1. The van der Waals surface area contributed by atoms with Crippen molar-refractivity contribution in [2.75, 3.05) is 33.4 Å². The summed E-state index contributed by atoms with van der Waals surface area (Å²) in [4.78, 5) is 39.4. The lowest BCUT2D eigenvalue weighted by Gasteiger charge is -2.38. The van der Waals surface area contributed by atoms with Crippen LogP contribution < -0.4 is 10.1 Å². The molecule has 2 aliphatic heterocycles. The molecule has 2 N–H and O–H groups in total. The number of hydrogen-bond donors (Lipinski definition) is 2. The van der Waals surface area contributed by atoms with Gasteiger partial charge in [-0.05, 0) is 24.2 Å². The van der Waals surface area contributed by atoms with Crippen LogP contribution in [0.5, 0.6) is 5.75 Å². The molecule has 0 spiro atoms. The van der Waals surface area contributed by atoms with E-state index in [1.807, 2.05) is 12.1 Å². The molecule has 4 rings (SSSR count). The molecule has 0 aliphatic carbocycles. The van der Waals surface area contributed by atoms with Gasteiger partial charge in [-0.1, -0.05) is 36.4 Å². The van der Waals surface area contributed by atoms with Gasteiger partial charge in [0.2, 0.25) is 5.91 Å². The van der Waals surface area contributed by atoms with Crippen LogP contribution >= 0.6 is 0 Å². The van der Waals surface area contributed by atoms with E-state index in [1.165, 1.54) is 10.5 Å². The van der Waals surface area contributed by atoms with Crippen molar-refractivity contribution < 1.29 is 29.0 Å². The molecule has 2 heterocycles. The van der Waals surface area contributed by atoms with Crippen molar-refractivity contribution in [1.82, 2.24) is 15.1 Å². The SMILES string of the molecule is CN(Cc1c(C=O)cccc1OCc1ccc(CN2CCOCC2)cc1)C1(O)CCC(=O)NC1=O. The minimum absolute atomic E-state index is 0.0234. The number of carbonyl (C=O) groups excluding carboxylic acids is 3. The summed E-state index contributed by atoms with van der Waals surface area (Å²) in [6.07, 6.45) is 0.738. The van der Waals surface area contributed by atoms with Gasteiger partial charge >= 0.3 is 0 Å². The van der Waals surface area contributed by atoms with Crippen molar-refractivity contribution in [1.29, 1.82) is 0 Å². The number of hydrogen-bond acceptors (Lipinski definition) is 8. The number of imide groups is 1. The number of amides is 2. The molecule has 2 saturated heterocycles. The van der Waals surface area contributed by atoms with Crippen LogP contribution in [0.3, 0.4) is 0 Å². The number of rotatable bonds is 9. The van der Waals surface area contributed by atoms with Crippen LogP contribution in [0.1, 0.15) is 39.9 Å². The Morgan fingerprint density at radius 2 is 1.86 bits per heavy atom. The minimum atomic E-state index is -1.85. The Balaban J connectivity index is 1.43. The monoisotopic (exact) mass is 481 g/mol. The number of carbonyl (C=O) groups is 3. The predicted molar refractivity (Wildman–Crippen MR) is 128 cm³/mol. The van der Waals surface area contributed by atoms with E-state index in [9.17, 15) is 19.5 Å². The molecule has 9 heteroatoms. The molecule has 0 bridgehead atoms. The van der Waals surface area contributed by atoms with Gasteiger partial charge in [0.25, 0.3) is 5.91 Å². The van der Waals surface area contributed by atoms with Crippen molar-refractivity contribution in [2.24, 2.45) is 0 Å². The first kappa shape index (κ1) is 25.0. The molecule has 9 nitrogen and oxygen atoms in total. The largest absolute Gasteiger partial charge is 0.489 e. The molecule has 1 atom stereocenters. The third-order valence-electron chi connectivity index (χ3n) is 6.57. The van der Waals surface area contributed by atoms with Crippen molar-refractivity contribution in [3.63, 3.8) is 0 Å². The van der Waals surface area contributed by atoms with Gasteiger partial charge < -0.3 is 14.6 Å². The van der Waals surface area contributed by atoms with Crippen molar-refractivity contribution in [3.05, 3.63) is 64.7 Å². The number of nitrogens with one attached hydrogen (secondary N) is 1. The maximum absolute atomic E-state index is 12.3. The Bertz CT molecular complexity index is 1070. The smallest absolute Gasteiger partial charge is 0.274 e. The van der Waals surface area contributed by atoms with Gasteiger partial charge in [-0.2, -0.15) is 0 Å². The zero-order valence-corrected chi connectivity index (χ0v) is 19.9. The standard InChI is InChI=1S/C26H31N3O6/c1-28(26(33)10-9-24(31)27-25(26)32)16-22-21(17-30)3-2-4-23(22)35-18-20-7-5-19(6-8-20)15-29-11-13-34-14-12-29/h2-8,17,33H,9-16,18H2,1H3,(H,27,31,32). The average Bonchev–Trinajstić information content (AvgIpc) is 2.87. The van der Waals surface area contributed by atoms with Crippen molar-refractivity contribution >= 4 is 18.1 Å². The van der Waals surface area contributed by atoms with Gasteiger partial charge in [0.05, 0.1) is 13.2 Å². The maximum atomic E-state index is 12.3. The fourth-order valence-corrected chi connectivity index (χ4v) is 4.34. The van der Waals surface area contributed by atoms with E-state index in [0.29, 0.717) is 23.5 Å². The summed E-state index contributed by atoms with van der Waals surface area (Å²) in [6, 6.07) is 13.4. The summed E-state index contributed by atoms with van der Waals surface area (Å²) in [7, 11) is 1.58. The number of ether oxygens (including phenoxy) is 2. The fourth-order valence-electron chi connectivity index (χ4n) is 4.34. The summed E-state index contributed by atoms with van der Waals surface area (Å²) in [5, 5.41) is 13.1. The third kappa shape index (κ3) is 5.94. The topological polar surface area (TPSA) is 108 Å². The highest BCUT2D eigenvalue weighted by molar-refractivity contribution is 6.01. The molecular weight excluding hydrogens is 450 g/mol. The van der Waals surface area contributed by atoms with Gasteiger partial charge in [-0.15, -0.1) is 0 Å². The summed E-state index contributed by atoms with van der Waals surface area (Å²) in [5.41, 5.74) is 1.32. The second-order valence-corrected chi connectivity index (χ2v) is 8.99. The third-order valence-corrected chi connectivity index (χ3v) is 6.57. The lowest BCUT2D eigenvalue weighted by Crippen LogP contribution is -2.61. The van der Waals surface area contributed by atoms with E-state index in [1.54, 1.807) is 25.2 Å². The van der Waals surface area contributed by atoms with Crippen LogP contribution in [-0.2, 0) is 34.0 Å². The van der Waals surface area contributed by atoms with Gasteiger partial charge in [-0.25, -0.2) is 0 Å². The number of aliphatic hydroxyl groups is 1. The number of piperidine rings is 1. The summed E-state index contributed by atoms with van der Waals surface area (Å²) in [6.45, 7) is 4.67. The Morgan fingerprint density at radius 1 is 1.14 bits per heavy atom. The second kappa shape index (κ2) is 11.1. The molecule has 0 saturated carbocycles. The lowest BCUT2D eigenvalue weighted by molar-refractivity contribution is -0.171. The van der Waals surface area contributed by atoms with Crippen molar-refractivity contribution in [2.45, 2.75) is 38.3 Å². The van der Waals surface area contributed by atoms with Gasteiger partial charge in [0, 0.05) is 50.1 Å². The van der Waals surface area contributed by atoms with Crippen molar-refractivity contribution in [3.8, 4) is 5.75 Å². The van der Waals surface area contributed by atoms with E-state index in [-0.39, 0.29) is 19.4 Å². The number of morpholine rings is 1. The number of likely N-dealkylation sites (N-methyl/N-ethyl adjacent to an activating group) is 1. The first-order chi connectivity index (χ1) is 16.9. The van der Waals surface area contributed by atoms with Crippen LogP contribution in [0.25, 0.3) is 0 Å². The van der Waals surface area contributed by atoms with E-state index in [4.69, 9.17) is 9.47 Å². The number of nitrogens with zero attached hydrogens (tertiary/aromatic N) is 2. The molecule has 2 aliphatic rings. The first-order valence-corrected chi connectivity index (χ1v) is 11.7. The molecule has 2 aromatic carbocycles. The quantitative estimate of drug-likeness (QED) is 0.315. The molecular formula is C26H31N3O6. The van der Waals surface area contributed by atoms with Crippen LogP contribution in [0, 0.1) is 0 Å². The Kier molecular flexibility index (Phi) is 7.92. The molecule has 1 unspecified atom stereocenters. The Morgan fingerprint density at radius 3 is 2.54 bits per heavy atom. The molecule has 2 aromatic rings. The average molecular weight is 482 g/mol. The molecule has 186 valence electrons. The highest BCUT2D eigenvalue weighted by atomic mass is 16.5. The van der Waals surface area contributed by atoms with E-state index in [0.717, 1.165) is 44.7 Å². The Hall–Kier alpha value is -3.11. The number of benzene rings is 2. The second-order valence-electron chi connectivity index (χ2n) is 8.99. The summed E-state index contributed by atoms with van der Waals surface area (Å²) in [5.74, 6) is -0.685. The zero-order chi connectivity index (χ0) is 24.8. The van der Waals surface area contributed by atoms with Crippen LogP contribution in [-0.4, -0.2) is 72.1 Å². The lowest BCUT2D eigenvalue weighted by atomic mass is 9.98. The minimum Gasteiger partial charge on any atom is -0.489 e. The highest BCUT2D eigenvalue weighted by Gasteiger charge is 2.44. The van der Waals surface area contributed by atoms with Crippen LogP contribution in [0.4, 0.5) is 0 Å². The summed E-state index contributed by atoms with van der Waals surface area (Å²) < 4.78 is 11.5. The fraction of sp³-hybridized carbons (Fsp3) is 0.423. The molecule has 0 radical (unpaired) electrons. The van der Waals surface area contributed by atoms with E-state index in [2.05, 4.69) is 22.3 Å². The molecule has 2 fully saturated rings. The predicted octanol–water partition coefficient (Wildman–Crippen LogP) is 1.47. The normalized spacial score (nSPS) is 21.1. The first-order valence-electron chi connectivity index (χ1n) is 11.7. The van der Waals surface area contributed by atoms with Gasteiger partial charge in [0.15, 0.2) is 12.0 Å². The Labute approximate surface area is 204 Å². The van der Waals surface area contributed by atoms with Gasteiger partial charge in [0.1, 0.15) is 12.4 Å².